The van der Waals surface area contributed by atoms with Crippen LogP contribution in [0.5, 0.6) is 0 Å². The fourth-order valence-corrected chi connectivity index (χ4v) is 0. The number of alkyl halides is 6. The summed E-state index contributed by atoms with van der Waals surface area (Å²) < 4.78 is 75.6. The molecule has 3 nitrogen and oxygen atoms in total. The second kappa shape index (κ2) is 18.0. The summed E-state index contributed by atoms with van der Waals surface area (Å²) in [5, 5.41) is 4.06. The van der Waals surface area contributed by atoms with Gasteiger partial charge in [-0.25, -0.2) is 13.6 Å². The van der Waals surface area contributed by atoms with Crippen molar-refractivity contribution in [3.8, 4) is 0 Å². The Kier molecular flexibility index (Phi) is 32.0. The predicted molar refractivity (Wildman–Crippen MR) is 35.9 cm³/mol. The van der Waals surface area contributed by atoms with E-state index in [1.807, 2.05) is 0 Å². The van der Waals surface area contributed by atoms with Crippen LogP contribution in [0.25, 0.3) is 0 Å². The van der Waals surface area contributed by atoms with Gasteiger partial charge in [-0.3, -0.25) is 0 Å². The SMILES string of the molecule is FC(F)F.FC(F)F.N[SH](=O)=O.[LiH]. The first-order valence-corrected chi connectivity index (χ1v) is 3.18. The van der Waals surface area contributed by atoms with Crippen LogP contribution >= 0.6 is 0 Å². The van der Waals surface area contributed by atoms with Gasteiger partial charge in [0.25, 0.3) is 0 Å². The zero-order valence-corrected chi connectivity index (χ0v) is 6.16. The summed E-state index contributed by atoms with van der Waals surface area (Å²) in [5.41, 5.74) is 0. The van der Waals surface area contributed by atoms with Gasteiger partial charge in [0, 0.05) is 0 Å². The number of hydrogen-bond donors (Lipinski definition) is 2. The molecule has 0 aliphatic heterocycles. The standard InChI is InChI=1S/2CHF3.Li.H3NO2S.H/c2*2-1(3)4;;1-4(2)3;/h2*1H;;4H,(H2,1,2,3);. The summed E-state index contributed by atoms with van der Waals surface area (Å²) in [6.45, 7) is -7.33. The molecule has 11 heteroatoms. The Morgan fingerprint density at radius 3 is 0.846 bits per heavy atom. The van der Waals surface area contributed by atoms with Crippen LogP contribution < -0.4 is 5.14 Å². The molecule has 0 unspecified atom stereocenters. The molecule has 0 amide bonds. The van der Waals surface area contributed by atoms with Crippen molar-refractivity contribution >= 4 is 29.8 Å². The molecular formula is C2H6F6LiNO2S. The Hall–Kier alpha value is 0.0874. The van der Waals surface area contributed by atoms with Gasteiger partial charge in [-0.1, -0.05) is 0 Å². The quantitative estimate of drug-likeness (QED) is 0.353. The van der Waals surface area contributed by atoms with Gasteiger partial charge in [0.05, 0.1) is 0 Å². The molecule has 80 valence electrons. The molecule has 0 aromatic heterocycles. The monoisotopic (exact) mass is 229 g/mol. The van der Waals surface area contributed by atoms with Crippen LogP contribution in [0.2, 0.25) is 0 Å². The van der Waals surface area contributed by atoms with Crippen molar-refractivity contribution in [2.45, 2.75) is 13.4 Å². The van der Waals surface area contributed by atoms with Crippen molar-refractivity contribution < 1.29 is 34.8 Å². The van der Waals surface area contributed by atoms with Gasteiger partial charge >= 0.3 is 32.2 Å². The normalized spacial score (nSPS) is 8.15. The third kappa shape index (κ3) is 161000. The van der Waals surface area contributed by atoms with Crippen molar-refractivity contribution in [3.05, 3.63) is 0 Å². The first kappa shape index (κ1) is 23.2. The zero-order chi connectivity index (χ0) is 10.7. The first-order chi connectivity index (χ1) is 5.20. The van der Waals surface area contributed by atoms with Crippen LogP contribution in [-0.4, -0.2) is 40.6 Å². The Labute approximate surface area is 83.5 Å². The van der Waals surface area contributed by atoms with E-state index in [2.05, 4.69) is 5.14 Å². The average molecular weight is 229 g/mol. The Morgan fingerprint density at radius 2 is 0.846 bits per heavy atom. The van der Waals surface area contributed by atoms with E-state index in [4.69, 9.17) is 8.42 Å². The molecule has 0 aromatic rings. The minimum absolute atomic E-state index is 0. The van der Waals surface area contributed by atoms with Gasteiger partial charge in [-0.2, -0.15) is 26.3 Å². The van der Waals surface area contributed by atoms with Gasteiger partial charge in [0.2, 0.25) is 0 Å². The van der Waals surface area contributed by atoms with Gasteiger partial charge in [-0.05, 0) is 0 Å². The van der Waals surface area contributed by atoms with Crippen LogP contribution in [-0.2, 0) is 10.9 Å². The molecule has 0 aliphatic carbocycles. The van der Waals surface area contributed by atoms with Gasteiger partial charge in [-0.15, -0.1) is 0 Å². The molecule has 0 spiro atoms. The summed E-state index contributed by atoms with van der Waals surface area (Å²) in [4.78, 5) is 0. The van der Waals surface area contributed by atoms with Crippen LogP contribution in [0.15, 0.2) is 0 Å². The van der Waals surface area contributed by atoms with E-state index in [1.54, 1.807) is 0 Å². The van der Waals surface area contributed by atoms with E-state index in [0.29, 0.717) is 0 Å². The molecule has 2 N–H and O–H groups in total. The van der Waals surface area contributed by atoms with Crippen LogP contribution in [0.4, 0.5) is 26.3 Å². The molecule has 0 aliphatic rings. The van der Waals surface area contributed by atoms with E-state index in [1.165, 1.54) is 0 Å². The number of nitrogens with two attached hydrogens (primary N) is 1. The second-order valence-corrected chi connectivity index (χ2v) is 1.35. The van der Waals surface area contributed by atoms with Gasteiger partial charge < -0.3 is 0 Å². The number of thiol groups is 1. The van der Waals surface area contributed by atoms with E-state index in [-0.39, 0.29) is 18.9 Å². The molecule has 13 heavy (non-hydrogen) atoms. The second-order valence-electron chi connectivity index (χ2n) is 0.780. The molecule has 0 radical (unpaired) electrons. The first-order valence-electron chi connectivity index (χ1n) is 1.93. The van der Waals surface area contributed by atoms with Crippen molar-refractivity contribution in [3.63, 3.8) is 0 Å². The third-order valence-corrected chi connectivity index (χ3v) is 0. The Bertz CT molecular complexity index is 123. The van der Waals surface area contributed by atoms with E-state index in [0.717, 1.165) is 0 Å². The van der Waals surface area contributed by atoms with Gasteiger partial charge in [0.1, 0.15) is 0 Å². The Balaban J connectivity index is -0.0000000450. The maximum atomic E-state index is 9.67. The van der Waals surface area contributed by atoms with Crippen LogP contribution in [0.3, 0.4) is 0 Å². The molecule has 0 heterocycles. The summed E-state index contributed by atoms with van der Waals surface area (Å²) >= 11 is 0. The summed E-state index contributed by atoms with van der Waals surface area (Å²) in [7, 11) is -2.62. The van der Waals surface area contributed by atoms with Crippen molar-refractivity contribution in [1.29, 1.82) is 0 Å². The van der Waals surface area contributed by atoms with E-state index < -0.39 is 24.2 Å². The molecule has 0 saturated heterocycles. The minimum atomic E-state index is -3.67. The zero-order valence-electron chi connectivity index (χ0n) is 5.26. The van der Waals surface area contributed by atoms with Crippen LogP contribution in [0, 0.1) is 0 Å². The summed E-state index contributed by atoms with van der Waals surface area (Å²) in [6, 6.07) is 0. The maximum absolute atomic E-state index is 9.67. The molecule has 0 fully saturated rings. The van der Waals surface area contributed by atoms with Crippen LogP contribution in [0.1, 0.15) is 0 Å². The number of rotatable bonds is 0. The third-order valence-electron chi connectivity index (χ3n) is 0. The average Bonchev–Trinajstić information content (AvgIpc) is 1.54. The number of halogens is 6. The topological polar surface area (TPSA) is 60.2 Å². The fourth-order valence-electron chi connectivity index (χ4n) is 0. The molecule has 0 atom stereocenters. The summed E-state index contributed by atoms with van der Waals surface area (Å²) in [5.74, 6) is 0. The predicted octanol–water partition coefficient (Wildman–Crippen LogP) is 0.180. The number of hydrogen-bond acceptors (Lipinski definition) is 2. The van der Waals surface area contributed by atoms with Gasteiger partial charge in [0.15, 0.2) is 10.9 Å². The van der Waals surface area contributed by atoms with E-state index >= 15 is 0 Å². The van der Waals surface area contributed by atoms with Crippen molar-refractivity contribution in [2.24, 2.45) is 5.14 Å². The van der Waals surface area contributed by atoms with Crippen molar-refractivity contribution in [1.82, 2.24) is 0 Å². The fraction of sp³-hybridized carbons (Fsp3) is 1.00. The molecule has 0 aromatic carbocycles. The molecular weight excluding hydrogens is 223 g/mol. The van der Waals surface area contributed by atoms with E-state index in [9.17, 15) is 26.3 Å². The molecule has 0 bridgehead atoms. The van der Waals surface area contributed by atoms with Crippen molar-refractivity contribution in [2.75, 3.05) is 0 Å². The molecule has 0 rings (SSSR count). The molecule has 0 saturated carbocycles. The Morgan fingerprint density at radius 1 is 0.846 bits per heavy atom. The summed E-state index contributed by atoms with van der Waals surface area (Å²) in [6.07, 6.45) is 0.